The SMILES string of the molecule is COc1ccc2c(c1)[C@H](O)CC(c1ccccc1F)O2. The van der Waals surface area contributed by atoms with E-state index in [9.17, 15) is 9.50 Å². The Hall–Kier alpha value is -2.07. The maximum absolute atomic E-state index is 13.8. The van der Waals surface area contributed by atoms with Gasteiger partial charge in [0, 0.05) is 17.5 Å². The standard InChI is InChI=1S/C16H15FO3/c1-19-10-6-7-15-12(8-10)14(18)9-16(20-15)11-4-2-3-5-13(11)17/h2-8,14,16,18H,9H2,1H3/t14-,16?/m1/s1. The van der Waals surface area contributed by atoms with Gasteiger partial charge in [-0.25, -0.2) is 4.39 Å². The van der Waals surface area contributed by atoms with E-state index in [1.54, 1.807) is 43.5 Å². The van der Waals surface area contributed by atoms with Crippen LogP contribution < -0.4 is 9.47 Å². The minimum Gasteiger partial charge on any atom is -0.497 e. The molecule has 2 atom stereocenters. The highest BCUT2D eigenvalue weighted by molar-refractivity contribution is 5.43. The van der Waals surface area contributed by atoms with E-state index in [0.29, 0.717) is 29.0 Å². The van der Waals surface area contributed by atoms with Crippen LogP contribution in [0.4, 0.5) is 4.39 Å². The van der Waals surface area contributed by atoms with E-state index in [4.69, 9.17) is 9.47 Å². The van der Waals surface area contributed by atoms with Crippen LogP contribution in [0.3, 0.4) is 0 Å². The monoisotopic (exact) mass is 274 g/mol. The van der Waals surface area contributed by atoms with Crippen LogP contribution in [0.1, 0.15) is 29.8 Å². The van der Waals surface area contributed by atoms with E-state index >= 15 is 0 Å². The Kier molecular flexibility index (Phi) is 3.32. The fourth-order valence-corrected chi connectivity index (χ4v) is 2.48. The first-order valence-corrected chi connectivity index (χ1v) is 6.46. The molecule has 0 aromatic heterocycles. The quantitative estimate of drug-likeness (QED) is 0.912. The summed E-state index contributed by atoms with van der Waals surface area (Å²) >= 11 is 0. The minimum atomic E-state index is -0.696. The van der Waals surface area contributed by atoms with E-state index in [-0.39, 0.29) is 5.82 Å². The highest BCUT2D eigenvalue weighted by atomic mass is 19.1. The van der Waals surface area contributed by atoms with Gasteiger partial charge in [0.2, 0.25) is 0 Å². The first-order chi connectivity index (χ1) is 9.69. The normalized spacial score (nSPS) is 20.9. The summed E-state index contributed by atoms with van der Waals surface area (Å²) in [6.45, 7) is 0. The predicted molar refractivity (Wildman–Crippen MR) is 72.3 cm³/mol. The smallest absolute Gasteiger partial charge is 0.130 e. The molecule has 0 fully saturated rings. The highest BCUT2D eigenvalue weighted by Crippen LogP contribution is 2.42. The molecule has 1 N–H and O–H groups in total. The van der Waals surface area contributed by atoms with Gasteiger partial charge >= 0.3 is 0 Å². The van der Waals surface area contributed by atoms with Gasteiger partial charge in [0.1, 0.15) is 23.4 Å². The average Bonchev–Trinajstić information content (AvgIpc) is 2.47. The number of aliphatic hydroxyl groups excluding tert-OH is 1. The number of rotatable bonds is 2. The molecule has 3 rings (SSSR count). The molecule has 0 bridgehead atoms. The number of fused-ring (bicyclic) bond motifs is 1. The van der Waals surface area contributed by atoms with Crippen LogP contribution in [-0.4, -0.2) is 12.2 Å². The van der Waals surface area contributed by atoms with Crippen LogP contribution in [0.2, 0.25) is 0 Å². The molecule has 2 aromatic carbocycles. The van der Waals surface area contributed by atoms with Gasteiger partial charge in [-0.15, -0.1) is 0 Å². The van der Waals surface area contributed by atoms with Gasteiger partial charge in [-0.1, -0.05) is 18.2 Å². The minimum absolute atomic E-state index is 0.318. The van der Waals surface area contributed by atoms with Gasteiger partial charge in [0.15, 0.2) is 0 Å². The summed E-state index contributed by atoms with van der Waals surface area (Å²) in [5.41, 5.74) is 1.14. The fourth-order valence-electron chi connectivity index (χ4n) is 2.48. The zero-order valence-electron chi connectivity index (χ0n) is 11.0. The van der Waals surface area contributed by atoms with E-state index in [1.807, 2.05) is 0 Å². The lowest BCUT2D eigenvalue weighted by atomic mass is 9.94. The molecule has 4 heteroatoms. The number of benzene rings is 2. The summed E-state index contributed by atoms with van der Waals surface area (Å²) in [5, 5.41) is 10.2. The van der Waals surface area contributed by atoms with Crippen LogP contribution in [0, 0.1) is 5.82 Å². The third-order valence-corrected chi connectivity index (χ3v) is 3.53. The van der Waals surface area contributed by atoms with E-state index < -0.39 is 12.2 Å². The second kappa shape index (κ2) is 5.13. The first kappa shape index (κ1) is 12.9. The molecule has 0 amide bonds. The Labute approximate surface area is 116 Å². The average molecular weight is 274 g/mol. The van der Waals surface area contributed by atoms with Crippen LogP contribution in [0.25, 0.3) is 0 Å². The Balaban J connectivity index is 1.95. The molecule has 0 aliphatic carbocycles. The van der Waals surface area contributed by atoms with Crippen LogP contribution in [0.15, 0.2) is 42.5 Å². The molecule has 2 aromatic rings. The zero-order chi connectivity index (χ0) is 14.1. The number of halogens is 1. The molecule has 104 valence electrons. The second-order valence-corrected chi connectivity index (χ2v) is 4.78. The number of methoxy groups -OCH3 is 1. The number of ether oxygens (including phenoxy) is 2. The van der Waals surface area contributed by atoms with Crippen LogP contribution in [-0.2, 0) is 0 Å². The Morgan fingerprint density at radius 3 is 2.75 bits per heavy atom. The summed E-state index contributed by atoms with van der Waals surface area (Å²) in [6.07, 6.45) is -0.855. The maximum Gasteiger partial charge on any atom is 0.130 e. The maximum atomic E-state index is 13.8. The van der Waals surface area contributed by atoms with Crippen molar-refractivity contribution >= 4 is 0 Å². The van der Waals surface area contributed by atoms with Gasteiger partial charge in [0.05, 0.1) is 13.2 Å². The van der Waals surface area contributed by atoms with Crippen molar-refractivity contribution in [2.24, 2.45) is 0 Å². The molecule has 0 spiro atoms. The Morgan fingerprint density at radius 2 is 2.00 bits per heavy atom. The molecule has 1 aliphatic rings. The van der Waals surface area contributed by atoms with E-state index in [1.165, 1.54) is 6.07 Å². The lowest BCUT2D eigenvalue weighted by molar-refractivity contribution is 0.0637. The predicted octanol–water partition coefficient (Wildman–Crippen LogP) is 3.39. The highest BCUT2D eigenvalue weighted by Gasteiger charge is 2.29. The van der Waals surface area contributed by atoms with Gasteiger partial charge < -0.3 is 14.6 Å². The molecule has 1 unspecified atom stereocenters. The van der Waals surface area contributed by atoms with Crippen molar-refractivity contribution in [1.82, 2.24) is 0 Å². The van der Waals surface area contributed by atoms with Gasteiger partial charge in [-0.2, -0.15) is 0 Å². The summed E-state index contributed by atoms with van der Waals surface area (Å²) in [7, 11) is 1.57. The molecular formula is C16H15FO3. The van der Waals surface area contributed by atoms with Crippen molar-refractivity contribution < 1.29 is 19.0 Å². The van der Waals surface area contributed by atoms with Gasteiger partial charge in [0.25, 0.3) is 0 Å². The molecule has 0 saturated heterocycles. The molecule has 1 heterocycles. The Morgan fingerprint density at radius 1 is 1.20 bits per heavy atom. The number of hydrogen-bond acceptors (Lipinski definition) is 3. The third kappa shape index (κ3) is 2.23. The topological polar surface area (TPSA) is 38.7 Å². The van der Waals surface area contributed by atoms with Crippen LogP contribution >= 0.6 is 0 Å². The third-order valence-electron chi connectivity index (χ3n) is 3.53. The number of hydrogen-bond donors (Lipinski definition) is 1. The summed E-state index contributed by atoms with van der Waals surface area (Å²) < 4.78 is 24.8. The van der Waals surface area contributed by atoms with E-state index in [0.717, 1.165) is 0 Å². The van der Waals surface area contributed by atoms with E-state index in [2.05, 4.69) is 0 Å². The summed E-state index contributed by atoms with van der Waals surface area (Å²) in [5.74, 6) is 0.912. The second-order valence-electron chi connectivity index (χ2n) is 4.78. The van der Waals surface area contributed by atoms with Crippen molar-refractivity contribution in [1.29, 1.82) is 0 Å². The van der Waals surface area contributed by atoms with Crippen molar-refractivity contribution in [3.63, 3.8) is 0 Å². The molecule has 3 nitrogen and oxygen atoms in total. The molecule has 20 heavy (non-hydrogen) atoms. The molecule has 0 radical (unpaired) electrons. The van der Waals surface area contributed by atoms with Gasteiger partial charge in [-0.3, -0.25) is 0 Å². The zero-order valence-corrected chi connectivity index (χ0v) is 11.0. The summed E-state index contributed by atoms with van der Waals surface area (Å²) in [4.78, 5) is 0. The summed E-state index contributed by atoms with van der Waals surface area (Å²) in [6, 6.07) is 11.7. The first-order valence-electron chi connectivity index (χ1n) is 6.46. The van der Waals surface area contributed by atoms with Crippen molar-refractivity contribution in [2.75, 3.05) is 7.11 Å². The lowest BCUT2D eigenvalue weighted by Crippen LogP contribution is -2.20. The van der Waals surface area contributed by atoms with Gasteiger partial charge in [-0.05, 0) is 24.3 Å². The van der Waals surface area contributed by atoms with Crippen LogP contribution in [0.5, 0.6) is 11.5 Å². The Bertz CT molecular complexity index is 627. The van der Waals surface area contributed by atoms with Crippen molar-refractivity contribution in [3.8, 4) is 11.5 Å². The fraction of sp³-hybridized carbons (Fsp3) is 0.250. The lowest BCUT2D eigenvalue weighted by Gasteiger charge is -2.30. The van der Waals surface area contributed by atoms with Crippen molar-refractivity contribution in [3.05, 3.63) is 59.4 Å². The largest absolute Gasteiger partial charge is 0.497 e. The molecule has 1 aliphatic heterocycles. The number of aliphatic hydroxyl groups is 1. The molecule has 0 saturated carbocycles. The van der Waals surface area contributed by atoms with Crippen molar-refractivity contribution in [2.45, 2.75) is 18.6 Å². The molecular weight excluding hydrogens is 259 g/mol.